The van der Waals surface area contributed by atoms with E-state index in [1.807, 2.05) is 0 Å². The first-order valence-electron chi connectivity index (χ1n) is 4.30. The minimum Gasteiger partial charge on any atom is -0.281 e. The number of halogens is 1. The van der Waals surface area contributed by atoms with Crippen LogP contribution >= 0.6 is 11.6 Å². The summed E-state index contributed by atoms with van der Waals surface area (Å²) in [6.45, 7) is 4.45. The van der Waals surface area contributed by atoms with Gasteiger partial charge < -0.3 is 0 Å². The quantitative estimate of drug-likeness (QED) is 0.559. The van der Waals surface area contributed by atoms with Crippen molar-refractivity contribution >= 4 is 16.8 Å². The summed E-state index contributed by atoms with van der Waals surface area (Å²) in [6, 6.07) is 0. The molecule has 1 rings (SSSR count). The third-order valence-electron chi connectivity index (χ3n) is 2.92. The van der Waals surface area contributed by atoms with Gasteiger partial charge in [-0.1, -0.05) is 13.8 Å². The highest BCUT2D eigenvalue weighted by molar-refractivity contribution is 6.63. The average molecular weight is 175 g/mol. The molecule has 0 aromatic rings. The molecule has 2 heteroatoms. The predicted molar refractivity (Wildman–Crippen MR) is 46.5 cm³/mol. The number of carbonyl (C=O) groups is 1. The maximum absolute atomic E-state index is 10.8. The predicted octanol–water partition coefficient (Wildman–Crippen LogP) is 2.82. The minimum absolute atomic E-state index is 0.135. The summed E-state index contributed by atoms with van der Waals surface area (Å²) in [4.78, 5) is 10.8. The molecule has 0 bridgehead atoms. The van der Waals surface area contributed by atoms with Crippen LogP contribution in [0.1, 0.15) is 33.1 Å². The highest BCUT2D eigenvalue weighted by Gasteiger charge is 2.27. The molecule has 0 radical (unpaired) electrons. The molecule has 64 valence electrons. The Morgan fingerprint density at radius 1 is 1.27 bits per heavy atom. The van der Waals surface area contributed by atoms with E-state index in [4.69, 9.17) is 11.6 Å². The zero-order valence-corrected chi connectivity index (χ0v) is 7.90. The Morgan fingerprint density at radius 2 is 1.91 bits per heavy atom. The molecule has 0 spiro atoms. The van der Waals surface area contributed by atoms with Crippen molar-refractivity contribution in [2.45, 2.75) is 33.1 Å². The summed E-state index contributed by atoms with van der Waals surface area (Å²) in [7, 11) is 0. The Labute approximate surface area is 73.1 Å². The maximum atomic E-state index is 10.8. The van der Waals surface area contributed by atoms with Gasteiger partial charge in [-0.05, 0) is 42.7 Å². The molecule has 3 atom stereocenters. The molecule has 0 N–H and O–H groups in total. The van der Waals surface area contributed by atoms with E-state index in [2.05, 4.69) is 13.8 Å². The third-order valence-corrected chi connectivity index (χ3v) is 3.23. The molecular formula is C9H15ClO. The van der Waals surface area contributed by atoms with Crippen LogP contribution in [0.4, 0.5) is 0 Å². The molecule has 0 aliphatic heterocycles. The van der Waals surface area contributed by atoms with E-state index in [1.165, 1.54) is 0 Å². The molecule has 0 saturated heterocycles. The van der Waals surface area contributed by atoms with Gasteiger partial charge in [-0.3, -0.25) is 4.79 Å². The summed E-state index contributed by atoms with van der Waals surface area (Å²) < 4.78 is 0. The third kappa shape index (κ3) is 2.19. The zero-order valence-electron chi connectivity index (χ0n) is 7.14. The van der Waals surface area contributed by atoms with Gasteiger partial charge in [-0.2, -0.15) is 0 Å². The largest absolute Gasteiger partial charge is 0.281 e. The van der Waals surface area contributed by atoms with Crippen molar-refractivity contribution in [1.82, 2.24) is 0 Å². The van der Waals surface area contributed by atoms with Crippen molar-refractivity contribution < 1.29 is 4.79 Å². The SMILES string of the molecule is CC1CCC(C(=O)Cl)CC1C. The van der Waals surface area contributed by atoms with Crippen LogP contribution in [0.3, 0.4) is 0 Å². The van der Waals surface area contributed by atoms with Crippen molar-refractivity contribution in [2.75, 3.05) is 0 Å². The molecule has 1 saturated carbocycles. The van der Waals surface area contributed by atoms with Crippen molar-refractivity contribution in [3.8, 4) is 0 Å². The van der Waals surface area contributed by atoms with Crippen LogP contribution in [0.2, 0.25) is 0 Å². The number of rotatable bonds is 1. The van der Waals surface area contributed by atoms with Crippen LogP contribution < -0.4 is 0 Å². The molecule has 1 nitrogen and oxygen atoms in total. The molecule has 1 aliphatic carbocycles. The molecule has 1 fully saturated rings. The lowest BCUT2D eigenvalue weighted by molar-refractivity contribution is -0.116. The van der Waals surface area contributed by atoms with E-state index in [1.54, 1.807) is 0 Å². The highest BCUT2D eigenvalue weighted by Crippen LogP contribution is 2.34. The summed E-state index contributed by atoms with van der Waals surface area (Å²) in [6.07, 6.45) is 3.14. The van der Waals surface area contributed by atoms with Gasteiger partial charge in [0, 0.05) is 5.92 Å². The summed E-state index contributed by atoms with van der Waals surface area (Å²) in [5, 5.41) is -0.135. The second kappa shape index (κ2) is 3.57. The molecule has 1 aliphatic rings. The van der Waals surface area contributed by atoms with Gasteiger partial charge in [0.2, 0.25) is 5.24 Å². The molecule has 11 heavy (non-hydrogen) atoms. The molecule has 3 unspecified atom stereocenters. The Morgan fingerprint density at radius 3 is 2.36 bits per heavy atom. The summed E-state index contributed by atoms with van der Waals surface area (Å²) >= 11 is 5.43. The van der Waals surface area contributed by atoms with Gasteiger partial charge >= 0.3 is 0 Å². The standard InChI is InChI=1S/C9H15ClO/c1-6-3-4-8(9(10)11)5-7(6)2/h6-8H,3-5H2,1-2H3. The van der Waals surface area contributed by atoms with Crippen LogP contribution in [-0.2, 0) is 4.79 Å². The fourth-order valence-electron chi connectivity index (χ4n) is 1.75. The summed E-state index contributed by atoms with van der Waals surface area (Å²) in [5.74, 6) is 1.57. The number of hydrogen-bond acceptors (Lipinski definition) is 1. The van der Waals surface area contributed by atoms with Gasteiger partial charge in [0.05, 0.1) is 0 Å². The van der Waals surface area contributed by atoms with Crippen molar-refractivity contribution in [3.05, 3.63) is 0 Å². The topological polar surface area (TPSA) is 17.1 Å². The molecular weight excluding hydrogens is 160 g/mol. The molecule has 0 amide bonds. The Bertz CT molecular complexity index is 156. The smallest absolute Gasteiger partial charge is 0.224 e. The highest BCUT2D eigenvalue weighted by atomic mass is 35.5. The summed E-state index contributed by atoms with van der Waals surface area (Å²) in [5.41, 5.74) is 0. The fourth-order valence-corrected chi connectivity index (χ4v) is 1.95. The Hall–Kier alpha value is -0.0400. The van der Waals surface area contributed by atoms with Gasteiger partial charge in [0.1, 0.15) is 0 Å². The lowest BCUT2D eigenvalue weighted by Crippen LogP contribution is -2.23. The lowest BCUT2D eigenvalue weighted by atomic mass is 9.76. The lowest BCUT2D eigenvalue weighted by Gasteiger charge is -2.29. The van der Waals surface area contributed by atoms with Crippen molar-refractivity contribution in [2.24, 2.45) is 17.8 Å². The molecule has 0 aromatic carbocycles. The molecule has 0 heterocycles. The van der Waals surface area contributed by atoms with Gasteiger partial charge in [0.25, 0.3) is 0 Å². The van der Waals surface area contributed by atoms with Gasteiger partial charge in [-0.15, -0.1) is 0 Å². The van der Waals surface area contributed by atoms with Crippen LogP contribution in [0.5, 0.6) is 0 Å². The average Bonchev–Trinajstić information content (AvgIpc) is 1.94. The van der Waals surface area contributed by atoms with Crippen molar-refractivity contribution in [3.63, 3.8) is 0 Å². The first kappa shape index (κ1) is 9.05. The number of hydrogen-bond donors (Lipinski definition) is 0. The van der Waals surface area contributed by atoms with Crippen molar-refractivity contribution in [1.29, 1.82) is 0 Å². The van der Waals surface area contributed by atoms with E-state index in [0.717, 1.165) is 25.2 Å². The Kier molecular flexibility index (Phi) is 2.94. The maximum Gasteiger partial charge on any atom is 0.224 e. The Balaban J connectivity index is 2.46. The monoisotopic (exact) mass is 174 g/mol. The van der Waals surface area contributed by atoms with E-state index in [9.17, 15) is 4.79 Å². The molecule has 0 aromatic heterocycles. The normalized spacial score (nSPS) is 38.6. The van der Waals surface area contributed by atoms with Gasteiger partial charge in [0.15, 0.2) is 0 Å². The minimum atomic E-state index is -0.135. The van der Waals surface area contributed by atoms with E-state index < -0.39 is 0 Å². The second-order valence-electron chi connectivity index (χ2n) is 3.77. The first-order chi connectivity index (χ1) is 5.11. The van der Waals surface area contributed by atoms with Crippen LogP contribution in [0.15, 0.2) is 0 Å². The van der Waals surface area contributed by atoms with Crippen LogP contribution in [-0.4, -0.2) is 5.24 Å². The number of carbonyl (C=O) groups excluding carboxylic acids is 1. The van der Waals surface area contributed by atoms with E-state index in [0.29, 0.717) is 5.92 Å². The second-order valence-corrected chi connectivity index (χ2v) is 4.14. The van der Waals surface area contributed by atoms with E-state index >= 15 is 0 Å². The van der Waals surface area contributed by atoms with Gasteiger partial charge in [-0.25, -0.2) is 0 Å². The zero-order chi connectivity index (χ0) is 8.43. The first-order valence-corrected chi connectivity index (χ1v) is 4.68. The van der Waals surface area contributed by atoms with E-state index in [-0.39, 0.29) is 11.2 Å². The van der Waals surface area contributed by atoms with Crippen LogP contribution in [0.25, 0.3) is 0 Å². The fraction of sp³-hybridized carbons (Fsp3) is 0.889. The van der Waals surface area contributed by atoms with Crippen LogP contribution in [0, 0.1) is 17.8 Å².